The van der Waals surface area contributed by atoms with Gasteiger partial charge in [0, 0.05) is 65.7 Å². The van der Waals surface area contributed by atoms with Crippen molar-refractivity contribution >= 4 is 86.8 Å². The van der Waals surface area contributed by atoms with Crippen molar-refractivity contribution in [3.05, 3.63) is 64.6 Å². The topological polar surface area (TPSA) is 254 Å². The van der Waals surface area contributed by atoms with Gasteiger partial charge in [0.1, 0.15) is 17.1 Å². The molecular weight excluding hydrogens is 716 g/mol. The molecule has 48 heavy (non-hydrogen) atoms. The number of hydrogen-bond acceptors (Lipinski definition) is 9. The molecule has 0 bridgehead atoms. The van der Waals surface area contributed by atoms with Gasteiger partial charge in [0.15, 0.2) is 17.5 Å². The van der Waals surface area contributed by atoms with Crippen LogP contribution in [0.25, 0.3) is 0 Å². The summed E-state index contributed by atoms with van der Waals surface area (Å²) in [5.41, 5.74) is 6.03. The SMILES string of the molecule is C=C(Br)C(=O)Nc1cn(C)c(C(=O)Nc2cc(C(=O)Nc3cc(C(=O)Nc4cc(C(=O)NCCC(=N)N)n(C)n4)n(C)n3)n(C)c2)n1.Cl. The summed E-state index contributed by atoms with van der Waals surface area (Å²) in [6, 6.07) is 4.19. The van der Waals surface area contributed by atoms with Gasteiger partial charge in [0.2, 0.25) is 5.82 Å². The second-order valence-electron chi connectivity index (χ2n) is 10.1. The number of halogens is 2. The quantitative estimate of drug-likeness (QED) is 0.0626. The maximum absolute atomic E-state index is 13.1. The Morgan fingerprint density at radius 1 is 0.792 bits per heavy atom. The summed E-state index contributed by atoms with van der Waals surface area (Å²) in [6.07, 6.45) is 3.18. The molecule has 0 aliphatic rings. The van der Waals surface area contributed by atoms with E-state index < -0.39 is 29.5 Å². The number of hydrogen-bond donors (Lipinski definition) is 7. The van der Waals surface area contributed by atoms with Gasteiger partial charge in [-0.05, 0) is 22.0 Å². The monoisotopic (exact) mass is 746 g/mol. The van der Waals surface area contributed by atoms with Crippen molar-refractivity contribution in [1.82, 2.24) is 39.0 Å². The summed E-state index contributed by atoms with van der Waals surface area (Å²) >= 11 is 2.98. The van der Waals surface area contributed by atoms with E-state index in [4.69, 9.17) is 11.1 Å². The molecule has 4 rings (SSSR count). The van der Waals surface area contributed by atoms with Crippen LogP contribution in [0.2, 0.25) is 0 Å². The number of imidazole rings is 1. The first-order valence-electron chi connectivity index (χ1n) is 13.6. The van der Waals surface area contributed by atoms with Crippen LogP contribution in [0, 0.1) is 5.41 Å². The standard InChI is InChI=1S/C27H31BrN14O5.ClH/c1-13(28)23(43)36-21-12-40(3)22(33-21)27(47)32-14-8-15(39(2)11-14)25(45)34-20-10-17(42(5)38-20)26(46)35-19-9-16(41(4)37-19)24(44)31-7-6-18(29)30;/h8-12H,1,6-7H2,2-5H3,(H3,29,30)(H,31,44)(H,32,47)(H,36,43)(H,34,38,45)(H,35,37,46);1H. The third kappa shape index (κ3) is 8.73. The van der Waals surface area contributed by atoms with Crippen LogP contribution in [0.3, 0.4) is 0 Å². The second-order valence-corrected chi connectivity index (χ2v) is 11.1. The molecule has 8 N–H and O–H groups in total. The largest absolute Gasteiger partial charge is 0.388 e. The van der Waals surface area contributed by atoms with Gasteiger partial charge in [0.05, 0.1) is 16.0 Å². The number of amides is 5. The van der Waals surface area contributed by atoms with Gasteiger partial charge in [-0.25, -0.2) is 4.98 Å². The Morgan fingerprint density at radius 3 is 1.92 bits per heavy atom. The fourth-order valence-electron chi connectivity index (χ4n) is 4.21. The Bertz CT molecular complexity index is 1940. The number of aryl methyl sites for hydroxylation is 4. The van der Waals surface area contributed by atoms with Gasteiger partial charge in [-0.1, -0.05) is 6.58 Å². The summed E-state index contributed by atoms with van der Waals surface area (Å²) in [5, 5.41) is 28.6. The van der Waals surface area contributed by atoms with E-state index in [1.807, 2.05) is 0 Å². The Kier molecular flexibility index (Phi) is 11.6. The molecular formula is C27H32BrClN14O5. The van der Waals surface area contributed by atoms with E-state index in [9.17, 15) is 24.0 Å². The van der Waals surface area contributed by atoms with Crippen LogP contribution < -0.4 is 32.3 Å². The molecule has 19 nitrogen and oxygen atoms in total. The van der Waals surface area contributed by atoms with Gasteiger partial charge < -0.3 is 41.5 Å². The Morgan fingerprint density at radius 2 is 1.35 bits per heavy atom. The van der Waals surface area contributed by atoms with Crippen LogP contribution in [0.5, 0.6) is 0 Å². The average Bonchev–Trinajstić information content (AvgIpc) is 3.73. The first kappa shape index (κ1) is 36.7. The molecule has 0 atom stereocenters. The number of anilines is 4. The lowest BCUT2D eigenvalue weighted by Crippen LogP contribution is -2.29. The van der Waals surface area contributed by atoms with Gasteiger partial charge >= 0.3 is 0 Å². The summed E-state index contributed by atoms with van der Waals surface area (Å²) in [7, 11) is 6.23. The molecule has 0 aromatic carbocycles. The molecule has 254 valence electrons. The van der Waals surface area contributed by atoms with Crippen LogP contribution in [0.1, 0.15) is 48.5 Å². The van der Waals surface area contributed by atoms with Crippen molar-refractivity contribution in [2.75, 3.05) is 27.8 Å². The predicted molar refractivity (Wildman–Crippen MR) is 182 cm³/mol. The van der Waals surface area contributed by atoms with Crippen LogP contribution in [-0.4, -0.2) is 75.6 Å². The minimum atomic E-state index is -0.597. The Labute approximate surface area is 287 Å². The molecule has 4 aromatic rings. The number of nitrogens with two attached hydrogens (primary N) is 1. The molecule has 5 amide bonds. The van der Waals surface area contributed by atoms with Crippen LogP contribution in [0.4, 0.5) is 23.1 Å². The number of carbonyl (C=O) groups is 5. The Balaban J connectivity index is 0.00000625. The number of amidine groups is 1. The van der Waals surface area contributed by atoms with Gasteiger partial charge in [-0.15, -0.1) is 12.4 Å². The van der Waals surface area contributed by atoms with Crippen LogP contribution >= 0.6 is 28.3 Å². The van der Waals surface area contributed by atoms with Crippen molar-refractivity contribution in [3.63, 3.8) is 0 Å². The highest BCUT2D eigenvalue weighted by Crippen LogP contribution is 2.18. The molecule has 0 radical (unpaired) electrons. The second kappa shape index (κ2) is 15.2. The summed E-state index contributed by atoms with van der Waals surface area (Å²) in [4.78, 5) is 67.3. The van der Waals surface area contributed by atoms with Crippen molar-refractivity contribution < 1.29 is 24.0 Å². The van der Waals surface area contributed by atoms with E-state index in [0.29, 0.717) is 5.69 Å². The lowest BCUT2D eigenvalue weighted by molar-refractivity contribution is -0.112. The summed E-state index contributed by atoms with van der Waals surface area (Å²) in [6.45, 7) is 3.65. The first-order valence-corrected chi connectivity index (χ1v) is 14.4. The lowest BCUT2D eigenvalue weighted by Gasteiger charge is -2.03. The number of nitrogens with one attached hydrogen (secondary N) is 6. The highest BCUT2D eigenvalue weighted by atomic mass is 79.9. The molecule has 0 spiro atoms. The zero-order valence-corrected chi connectivity index (χ0v) is 28.4. The number of carbonyl (C=O) groups excluding carboxylic acids is 5. The van der Waals surface area contributed by atoms with Gasteiger partial charge in [0.25, 0.3) is 29.5 Å². The molecule has 4 heterocycles. The van der Waals surface area contributed by atoms with Crippen molar-refractivity contribution in [3.8, 4) is 0 Å². The molecule has 0 aliphatic heterocycles. The molecule has 21 heteroatoms. The Hall–Kier alpha value is -5.76. The van der Waals surface area contributed by atoms with E-state index in [1.54, 1.807) is 14.1 Å². The van der Waals surface area contributed by atoms with Crippen molar-refractivity contribution in [1.29, 1.82) is 5.41 Å². The third-order valence-electron chi connectivity index (χ3n) is 6.45. The fraction of sp³-hybridized carbons (Fsp3) is 0.222. The minimum absolute atomic E-state index is 0. The first-order chi connectivity index (χ1) is 22.1. The number of aromatic nitrogens is 7. The van der Waals surface area contributed by atoms with Crippen LogP contribution in [-0.2, 0) is 33.0 Å². The molecule has 0 saturated carbocycles. The zero-order valence-electron chi connectivity index (χ0n) is 26.0. The van der Waals surface area contributed by atoms with E-state index in [-0.39, 0.29) is 76.1 Å². The fourth-order valence-corrected chi connectivity index (χ4v) is 4.31. The molecule has 0 saturated heterocycles. The van der Waals surface area contributed by atoms with E-state index in [2.05, 4.69) is 64.3 Å². The zero-order chi connectivity index (χ0) is 34.6. The highest BCUT2D eigenvalue weighted by molar-refractivity contribution is 9.12. The number of rotatable bonds is 12. The van der Waals surface area contributed by atoms with E-state index in [0.717, 1.165) is 0 Å². The summed E-state index contributed by atoms with van der Waals surface area (Å²) in [5.74, 6) is -2.44. The molecule has 0 fully saturated rings. The summed E-state index contributed by atoms with van der Waals surface area (Å²) < 4.78 is 5.56. The molecule has 0 aliphatic carbocycles. The third-order valence-corrected chi connectivity index (χ3v) is 6.81. The average molecular weight is 748 g/mol. The van der Waals surface area contributed by atoms with Gasteiger partial charge in [-0.3, -0.25) is 38.7 Å². The lowest BCUT2D eigenvalue weighted by atomic mass is 10.3. The smallest absolute Gasteiger partial charge is 0.291 e. The van der Waals surface area contributed by atoms with Gasteiger partial charge in [-0.2, -0.15) is 10.2 Å². The molecule has 0 unspecified atom stereocenters. The predicted octanol–water partition coefficient (Wildman–Crippen LogP) is 1.31. The normalized spacial score (nSPS) is 10.4. The maximum Gasteiger partial charge on any atom is 0.291 e. The van der Waals surface area contributed by atoms with Crippen LogP contribution in [0.15, 0.2) is 41.7 Å². The number of nitrogens with zero attached hydrogens (tertiary/aromatic N) is 7. The van der Waals surface area contributed by atoms with Crippen molar-refractivity contribution in [2.24, 2.45) is 33.9 Å². The maximum atomic E-state index is 13.1. The minimum Gasteiger partial charge on any atom is -0.388 e. The highest BCUT2D eigenvalue weighted by Gasteiger charge is 2.21. The van der Waals surface area contributed by atoms with E-state index in [1.165, 1.54) is 63.2 Å². The van der Waals surface area contributed by atoms with E-state index >= 15 is 0 Å². The molecule has 4 aromatic heterocycles. The van der Waals surface area contributed by atoms with Crippen molar-refractivity contribution in [2.45, 2.75) is 6.42 Å².